The third kappa shape index (κ3) is 2.62. The van der Waals surface area contributed by atoms with E-state index in [4.69, 9.17) is 4.98 Å². The van der Waals surface area contributed by atoms with E-state index in [0.29, 0.717) is 6.04 Å². The summed E-state index contributed by atoms with van der Waals surface area (Å²) in [7, 11) is 1.71. The van der Waals surface area contributed by atoms with Gasteiger partial charge in [-0.25, -0.2) is 9.97 Å². The number of para-hydroxylation sites is 2. The van der Waals surface area contributed by atoms with Crippen LogP contribution in [0.15, 0.2) is 41.5 Å². The third-order valence-corrected chi connectivity index (χ3v) is 4.78. The van der Waals surface area contributed by atoms with Gasteiger partial charge in [-0.2, -0.15) is 0 Å². The van der Waals surface area contributed by atoms with Gasteiger partial charge in [-0.3, -0.25) is 4.79 Å². The van der Waals surface area contributed by atoms with Gasteiger partial charge in [0.2, 0.25) is 0 Å². The Labute approximate surface area is 146 Å². The number of nitrogens with zero attached hydrogens (tertiary/aromatic N) is 5. The second kappa shape index (κ2) is 5.44. The molecule has 1 aliphatic heterocycles. The number of benzene rings is 1. The van der Waals surface area contributed by atoms with Gasteiger partial charge >= 0.3 is 0 Å². The Morgan fingerprint density at radius 2 is 1.88 bits per heavy atom. The molecule has 3 heterocycles. The number of fused-ring (bicyclic) bond motifs is 1. The van der Waals surface area contributed by atoms with Crippen LogP contribution in [0.3, 0.4) is 0 Å². The summed E-state index contributed by atoms with van der Waals surface area (Å²) in [5.74, 6) is 1.86. The van der Waals surface area contributed by atoms with Crippen LogP contribution in [-0.2, 0) is 12.5 Å². The molecule has 0 unspecified atom stereocenters. The molecule has 130 valence electrons. The van der Waals surface area contributed by atoms with Crippen LogP contribution >= 0.6 is 0 Å². The van der Waals surface area contributed by atoms with Crippen LogP contribution in [0.5, 0.6) is 0 Å². The van der Waals surface area contributed by atoms with E-state index in [1.165, 1.54) is 10.1 Å². The molecule has 25 heavy (non-hydrogen) atoms. The molecule has 2 aromatic heterocycles. The quantitative estimate of drug-likeness (QED) is 0.721. The average Bonchev–Trinajstić information content (AvgIpc) is 2.89. The first-order chi connectivity index (χ1) is 11.8. The zero-order valence-electron chi connectivity index (χ0n) is 15.1. The van der Waals surface area contributed by atoms with Crippen LogP contribution in [0.1, 0.15) is 32.6 Å². The molecule has 0 bridgehead atoms. The predicted molar refractivity (Wildman–Crippen MR) is 99.2 cm³/mol. The van der Waals surface area contributed by atoms with Crippen LogP contribution in [0.4, 0.5) is 5.82 Å². The average molecular weight is 337 g/mol. The van der Waals surface area contributed by atoms with Crippen molar-refractivity contribution in [2.45, 2.75) is 32.2 Å². The van der Waals surface area contributed by atoms with E-state index >= 15 is 0 Å². The maximum Gasteiger partial charge on any atom is 0.255 e. The monoisotopic (exact) mass is 337 g/mol. The zero-order chi connectivity index (χ0) is 17.8. The first-order valence-corrected chi connectivity index (χ1v) is 8.59. The van der Waals surface area contributed by atoms with E-state index < -0.39 is 0 Å². The minimum absolute atomic E-state index is 0.0274. The normalized spacial score (nSPS) is 15.6. The van der Waals surface area contributed by atoms with Crippen molar-refractivity contribution in [2.75, 3.05) is 18.0 Å². The van der Waals surface area contributed by atoms with Gasteiger partial charge in [-0.05, 0) is 12.1 Å². The van der Waals surface area contributed by atoms with Crippen LogP contribution in [0, 0.1) is 0 Å². The molecule has 0 N–H and O–H groups in total. The smallest absolute Gasteiger partial charge is 0.255 e. The second-order valence-corrected chi connectivity index (χ2v) is 7.80. The van der Waals surface area contributed by atoms with Crippen molar-refractivity contribution in [3.05, 3.63) is 52.8 Å². The molecular formula is C19H23N5O. The van der Waals surface area contributed by atoms with E-state index in [-0.39, 0.29) is 11.0 Å². The number of aromatic nitrogens is 4. The highest BCUT2D eigenvalue weighted by Gasteiger charge is 2.34. The Hall–Kier alpha value is -2.63. The highest BCUT2D eigenvalue weighted by atomic mass is 16.1. The Morgan fingerprint density at radius 3 is 2.56 bits per heavy atom. The van der Waals surface area contributed by atoms with E-state index in [0.717, 1.165) is 30.2 Å². The van der Waals surface area contributed by atoms with Crippen molar-refractivity contribution in [1.82, 2.24) is 19.1 Å². The maximum absolute atomic E-state index is 11.8. The standard InChI is InChI=1S/C19H23N5O/c1-19(2,3)18-21-14-7-5-6-8-15(14)24(18)13-10-23(11-13)16-9-17(25)22(4)12-20-16/h5-9,12-13H,10-11H2,1-4H3. The molecule has 1 aromatic carbocycles. The fourth-order valence-corrected chi connectivity index (χ4v) is 3.37. The Bertz CT molecular complexity index is 989. The molecule has 6 nitrogen and oxygen atoms in total. The predicted octanol–water partition coefficient (Wildman–Crippen LogP) is 2.49. The van der Waals surface area contributed by atoms with Gasteiger partial charge < -0.3 is 14.0 Å². The minimum atomic E-state index is -0.0306. The molecule has 3 aromatic rings. The molecular weight excluding hydrogens is 314 g/mol. The van der Waals surface area contributed by atoms with Gasteiger partial charge in [0.05, 0.1) is 23.4 Å². The maximum atomic E-state index is 11.8. The molecule has 0 atom stereocenters. The van der Waals surface area contributed by atoms with E-state index in [2.05, 4.69) is 53.4 Å². The molecule has 4 rings (SSSR count). The van der Waals surface area contributed by atoms with Gasteiger partial charge in [0.15, 0.2) is 0 Å². The highest BCUT2D eigenvalue weighted by molar-refractivity contribution is 5.76. The SMILES string of the molecule is Cn1cnc(N2CC(n3c(C(C)(C)C)nc4ccccc43)C2)cc1=O. The largest absolute Gasteiger partial charge is 0.352 e. The van der Waals surface area contributed by atoms with Gasteiger partial charge in [0, 0.05) is 31.6 Å². The summed E-state index contributed by atoms with van der Waals surface area (Å²) in [6, 6.07) is 10.2. The fourth-order valence-electron chi connectivity index (χ4n) is 3.37. The number of hydrogen-bond donors (Lipinski definition) is 0. The Balaban J connectivity index is 1.68. The van der Waals surface area contributed by atoms with Crippen molar-refractivity contribution in [1.29, 1.82) is 0 Å². The van der Waals surface area contributed by atoms with Crippen molar-refractivity contribution in [2.24, 2.45) is 7.05 Å². The van der Waals surface area contributed by atoms with Crippen molar-refractivity contribution >= 4 is 16.9 Å². The lowest BCUT2D eigenvalue weighted by molar-refractivity contribution is 0.371. The Kier molecular flexibility index (Phi) is 3.45. The van der Waals surface area contributed by atoms with Crippen molar-refractivity contribution in [3.63, 3.8) is 0 Å². The lowest BCUT2D eigenvalue weighted by Crippen LogP contribution is -2.49. The Morgan fingerprint density at radius 1 is 1.16 bits per heavy atom. The molecule has 1 fully saturated rings. The summed E-state index contributed by atoms with van der Waals surface area (Å²) in [5, 5.41) is 0. The topological polar surface area (TPSA) is 56.0 Å². The summed E-state index contributed by atoms with van der Waals surface area (Å²) < 4.78 is 3.86. The molecule has 0 radical (unpaired) electrons. The molecule has 0 aliphatic carbocycles. The lowest BCUT2D eigenvalue weighted by Gasteiger charge is -2.42. The van der Waals surface area contributed by atoms with E-state index in [9.17, 15) is 4.79 Å². The number of rotatable bonds is 2. The summed E-state index contributed by atoms with van der Waals surface area (Å²) in [6.07, 6.45) is 1.58. The van der Waals surface area contributed by atoms with Gasteiger partial charge in [-0.1, -0.05) is 32.9 Å². The molecule has 0 amide bonds. The number of hydrogen-bond acceptors (Lipinski definition) is 4. The van der Waals surface area contributed by atoms with Gasteiger partial charge in [0.1, 0.15) is 11.6 Å². The van der Waals surface area contributed by atoms with E-state index in [1.54, 1.807) is 19.4 Å². The first kappa shape index (κ1) is 15.9. The molecule has 0 saturated carbocycles. The third-order valence-electron chi connectivity index (χ3n) is 4.78. The summed E-state index contributed by atoms with van der Waals surface area (Å²) in [5.41, 5.74) is 2.16. The van der Waals surface area contributed by atoms with Crippen LogP contribution in [-0.4, -0.2) is 32.2 Å². The summed E-state index contributed by atoms with van der Waals surface area (Å²) >= 11 is 0. The zero-order valence-corrected chi connectivity index (χ0v) is 15.1. The molecule has 6 heteroatoms. The number of imidazole rings is 1. The minimum Gasteiger partial charge on any atom is -0.352 e. The van der Waals surface area contributed by atoms with Crippen LogP contribution < -0.4 is 10.5 Å². The first-order valence-electron chi connectivity index (χ1n) is 8.59. The molecule has 1 aliphatic rings. The van der Waals surface area contributed by atoms with Crippen LogP contribution in [0.25, 0.3) is 11.0 Å². The van der Waals surface area contributed by atoms with Crippen LogP contribution in [0.2, 0.25) is 0 Å². The van der Waals surface area contributed by atoms with Crippen molar-refractivity contribution < 1.29 is 0 Å². The van der Waals surface area contributed by atoms with Gasteiger partial charge in [-0.15, -0.1) is 0 Å². The fraction of sp³-hybridized carbons (Fsp3) is 0.421. The summed E-state index contributed by atoms with van der Waals surface area (Å²) in [6.45, 7) is 8.27. The molecule has 1 saturated heterocycles. The van der Waals surface area contributed by atoms with E-state index in [1.807, 2.05) is 6.07 Å². The highest BCUT2D eigenvalue weighted by Crippen LogP contribution is 2.34. The second-order valence-electron chi connectivity index (χ2n) is 7.80. The lowest BCUT2D eigenvalue weighted by atomic mass is 9.94. The summed E-state index contributed by atoms with van der Waals surface area (Å²) in [4.78, 5) is 23.2. The number of anilines is 1. The molecule has 0 spiro atoms. The van der Waals surface area contributed by atoms with Crippen molar-refractivity contribution in [3.8, 4) is 0 Å². The van der Waals surface area contributed by atoms with Gasteiger partial charge in [0.25, 0.3) is 5.56 Å². The number of aryl methyl sites for hydroxylation is 1.